The molecule has 0 fully saturated rings. The topological polar surface area (TPSA) is 86.9 Å². The highest BCUT2D eigenvalue weighted by molar-refractivity contribution is 7.89. The predicted molar refractivity (Wildman–Crippen MR) is 80.0 cm³/mol. The number of sulfonamides is 1. The lowest BCUT2D eigenvalue weighted by atomic mass is 10.2. The van der Waals surface area contributed by atoms with Crippen molar-refractivity contribution >= 4 is 10.0 Å². The van der Waals surface area contributed by atoms with Crippen molar-refractivity contribution in [1.82, 2.24) is 20.2 Å². The molecule has 0 saturated heterocycles. The zero-order valence-corrected chi connectivity index (χ0v) is 13.8. The summed E-state index contributed by atoms with van der Waals surface area (Å²) in [5.41, 5.74) is 1.11. The van der Waals surface area contributed by atoms with Gasteiger partial charge in [0.2, 0.25) is 10.0 Å². The molecule has 20 heavy (non-hydrogen) atoms. The number of rotatable bonds is 8. The Hall–Kier alpha value is -0.920. The van der Waals surface area contributed by atoms with E-state index in [1.807, 2.05) is 27.7 Å². The van der Waals surface area contributed by atoms with Crippen LogP contribution in [0.2, 0.25) is 0 Å². The molecule has 0 aliphatic carbocycles. The zero-order chi connectivity index (χ0) is 15.3. The summed E-state index contributed by atoms with van der Waals surface area (Å²) in [5, 5.41) is 10.1. The van der Waals surface area contributed by atoms with Crippen LogP contribution >= 0.6 is 0 Å². The van der Waals surface area contributed by atoms with E-state index < -0.39 is 10.0 Å². The summed E-state index contributed by atoms with van der Waals surface area (Å²) in [6, 6.07) is 0.231. The van der Waals surface area contributed by atoms with Crippen LogP contribution < -0.4 is 10.0 Å². The minimum Gasteiger partial charge on any atom is -0.309 e. The first-order chi connectivity index (χ1) is 9.31. The fraction of sp³-hybridized carbons (Fsp3) is 0.769. The van der Waals surface area contributed by atoms with Gasteiger partial charge in [-0.1, -0.05) is 27.7 Å². The lowest BCUT2D eigenvalue weighted by Crippen LogP contribution is -2.35. The molecule has 0 aliphatic rings. The van der Waals surface area contributed by atoms with Crippen molar-refractivity contribution in [3.63, 3.8) is 0 Å². The lowest BCUT2D eigenvalue weighted by Gasteiger charge is -2.16. The minimum atomic E-state index is -3.53. The van der Waals surface area contributed by atoms with Gasteiger partial charge in [-0.2, -0.15) is 5.10 Å². The van der Waals surface area contributed by atoms with E-state index in [9.17, 15) is 8.42 Å². The lowest BCUT2D eigenvalue weighted by molar-refractivity contribution is 0.526. The number of aromatic amines is 1. The first-order valence-electron chi connectivity index (χ1n) is 7.11. The molecule has 0 aromatic carbocycles. The SMILES string of the molecule is CCC(CC)NS(=O)(=O)c1c(CNC(C)C)n[nH]c1C. The van der Waals surface area contributed by atoms with Crippen LogP contribution in [0.25, 0.3) is 0 Å². The second-order valence-corrected chi connectivity index (χ2v) is 6.95. The van der Waals surface area contributed by atoms with Crippen LogP contribution in [-0.2, 0) is 16.6 Å². The summed E-state index contributed by atoms with van der Waals surface area (Å²) in [6.07, 6.45) is 1.54. The summed E-state index contributed by atoms with van der Waals surface area (Å²) in [5.74, 6) is 0. The molecule has 0 atom stereocenters. The van der Waals surface area contributed by atoms with Crippen LogP contribution in [-0.4, -0.2) is 30.7 Å². The van der Waals surface area contributed by atoms with Crippen molar-refractivity contribution < 1.29 is 8.42 Å². The van der Waals surface area contributed by atoms with Crippen molar-refractivity contribution in [2.45, 2.75) is 71.0 Å². The molecular weight excluding hydrogens is 276 g/mol. The largest absolute Gasteiger partial charge is 0.309 e. The monoisotopic (exact) mass is 302 g/mol. The third-order valence-corrected chi connectivity index (χ3v) is 4.94. The van der Waals surface area contributed by atoms with Crippen LogP contribution in [0.15, 0.2) is 4.90 Å². The number of H-pyrrole nitrogens is 1. The summed E-state index contributed by atoms with van der Waals surface area (Å²) >= 11 is 0. The summed E-state index contributed by atoms with van der Waals surface area (Å²) in [6.45, 7) is 10.1. The molecule has 7 heteroatoms. The Labute approximate surface area is 121 Å². The van der Waals surface area contributed by atoms with Crippen molar-refractivity contribution in [2.24, 2.45) is 0 Å². The summed E-state index contributed by atoms with van der Waals surface area (Å²) in [4.78, 5) is 0.276. The molecule has 1 aromatic rings. The molecule has 1 rings (SSSR count). The first kappa shape index (κ1) is 17.1. The van der Waals surface area contributed by atoms with Gasteiger partial charge in [-0.05, 0) is 19.8 Å². The normalized spacial score (nSPS) is 12.6. The Morgan fingerprint density at radius 2 is 1.85 bits per heavy atom. The molecule has 1 aromatic heterocycles. The fourth-order valence-electron chi connectivity index (χ4n) is 1.98. The Balaban J connectivity index is 3.01. The van der Waals surface area contributed by atoms with E-state index in [0.29, 0.717) is 17.9 Å². The Bertz CT molecular complexity index is 518. The molecular formula is C13H26N4O2S. The van der Waals surface area contributed by atoms with Crippen LogP contribution in [0.1, 0.15) is 51.9 Å². The number of hydrogen-bond donors (Lipinski definition) is 3. The Kier molecular flexibility index (Phi) is 6.16. The quantitative estimate of drug-likeness (QED) is 0.682. The van der Waals surface area contributed by atoms with Crippen molar-refractivity contribution in [3.05, 3.63) is 11.4 Å². The van der Waals surface area contributed by atoms with E-state index in [1.54, 1.807) is 6.92 Å². The average Bonchev–Trinajstić information content (AvgIpc) is 2.75. The van der Waals surface area contributed by atoms with E-state index in [4.69, 9.17) is 0 Å². The Morgan fingerprint density at radius 1 is 1.25 bits per heavy atom. The smallest absolute Gasteiger partial charge is 0.244 e. The molecule has 0 saturated carbocycles. The average molecular weight is 302 g/mol. The van der Waals surface area contributed by atoms with Gasteiger partial charge in [0.1, 0.15) is 4.90 Å². The van der Waals surface area contributed by atoms with Crippen LogP contribution in [0, 0.1) is 6.92 Å². The fourth-order valence-corrected chi connectivity index (χ4v) is 3.75. The summed E-state index contributed by atoms with van der Waals surface area (Å²) in [7, 11) is -3.53. The molecule has 0 bridgehead atoms. The number of hydrogen-bond acceptors (Lipinski definition) is 4. The maximum absolute atomic E-state index is 12.5. The second kappa shape index (κ2) is 7.19. The summed E-state index contributed by atoms with van der Waals surface area (Å²) < 4.78 is 27.8. The van der Waals surface area contributed by atoms with Crippen LogP contribution in [0.4, 0.5) is 0 Å². The number of nitrogens with zero attached hydrogens (tertiary/aromatic N) is 1. The van der Waals surface area contributed by atoms with Crippen molar-refractivity contribution in [3.8, 4) is 0 Å². The van der Waals surface area contributed by atoms with Gasteiger partial charge in [0.15, 0.2) is 0 Å². The van der Waals surface area contributed by atoms with Crippen LogP contribution in [0.5, 0.6) is 0 Å². The molecule has 6 nitrogen and oxygen atoms in total. The molecule has 116 valence electrons. The van der Waals surface area contributed by atoms with E-state index in [2.05, 4.69) is 20.2 Å². The molecule has 0 amide bonds. The highest BCUT2D eigenvalue weighted by Crippen LogP contribution is 2.18. The minimum absolute atomic E-state index is 0.0415. The van der Waals surface area contributed by atoms with Gasteiger partial charge < -0.3 is 5.32 Å². The van der Waals surface area contributed by atoms with Gasteiger partial charge in [-0.3, -0.25) is 5.10 Å². The maximum atomic E-state index is 12.5. The predicted octanol–water partition coefficient (Wildman–Crippen LogP) is 1.68. The van der Waals surface area contributed by atoms with Gasteiger partial charge in [-0.15, -0.1) is 0 Å². The van der Waals surface area contributed by atoms with Gasteiger partial charge in [0, 0.05) is 18.6 Å². The first-order valence-corrected chi connectivity index (χ1v) is 8.59. The number of aryl methyl sites for hydroxylation is 1. The molecule has 1 heterocycles. The van der Waals surface area contributed by atoms with Gasteiger partial charge in [0.25, 0.3) is 0 Å². The molecule has 0 unspecified atom stereocenters. The van der Waals surface area contributed by atoms with Gasteiger partial charge in [0.05, 0.1) is 11.4 Å². The van der Waals surface area contributed by atoms with E-state index in [0.717, 1.165) is 12.8 Å². The van der Waals surface area contributed by atoms with E-state index >= 15 is 0 Å². The molecule has 0 radical (unpaired) electrons. The molecule has 0 aliphatic heterocycles. The van der Waals surface area contributed by atoms with Crippen molar-refractivity contribution in [1.29, 1.82) is 0 Å². The van der Waals surface area contributed by atoms with Gasteiger partial charge in [-0.25, -0.2) is 13.1 Å². The van der Waals surface area contributed by atoms with E-state index in [-0.39, 0.29) is 17.0 Å². The number of nitrogens with one attached hydrogen (secondary N) is 3. The van der Waals surface area contributed by atoms with Crippen molar-refractivity contribution in [2.75, 3.05) is 0 Å². The third kappa shape index (κ3) is 4.29. The highest BCUT2D eigenvalue weighted by atomic mass is 32.2. The Morgan fingerprint density at radius 3 is 2.35 bits per heavy atom. The number of aromatic nitrogens is 2. The standard InChI is InChI=1S/C13H26N4O2S/c1-6-11(7-2)17-20(18,19)13-10(5)15-16-12(13)8-14-9(3)4/h9,11,14,17H,6-8H2,1-5H3,(H,15,16). The van der Waals surface area contributed by atoms with Crippen LogP contribution in [0.3, 0.4) is 0 Å². The molecule has 3 N–H and O–H groups in total. The maximum Gasteiger partial charge on any atom is 0.244 e. The zero-order valence-electron chi connectivity index (χ0n) is 12.9. The van der Waals surface area contributed by atoms with E-state index in [1.165, 1.54) is 0 Å². The van der Waals surface area contributed by atoms with Gasteiger partial charge >= 0.3 is 0 Å². The second-order valence-electron chi connectivity index (χ2n) is 5.29. The third-order valence-electron chi connectivity index (χ3n) is 3.22. The molecule has 0 spiro atoms. The highest BCUT2D eigenvalue weighted by Gasteiger charge is 2.26.